The van der Waals surface area contributed by atoms with Gasteiger partial charge in [0.25, 0.3) is 5.91 Å². The number of anilines is 1. The minimum absolute atomic E-state index is 0.0392. The fraction of sp³-hybridized carbons (Fsp3) is 0.0833. The van der Waals surface area contributed by atoms with Crippen LogP contribution in [0.4, 0.5) is 5.69 Å². The van der Waals surface area contributed by atoms with Crippen molar-refractivity contribution in [2.75, 3.05) is 12.4 Å². The number of ether oxygens (including phenoxy) is 2. The summed E-state index contributed by atoms with van der Waals surface area (Å²) in [5.74, 6) is 0.625. The highest BCUT2D eigenvalue weighted by atomic mass is 79.9. The second-order valence-corrected chi connectivity index (χ2v) is 8.12. The first kappa shape index (κ1) is 22.6. The van der Waals surface area contributed by atoms with Crippen molar-refractivity contribution < 1.29 is 14.3 Å². The van der Waals surface area contributed by atoms with E-state index in [1.165, 1.54) is 13.2 Å². The zero-order chi connectivity index (χ0) is 22.2. The van der Waals surface area contributed by atoms with Crippen molar-refractivity contribution in [3.05, 3.63) is 92.4 Å². The van der Waals surface area contributed by atoms with Crippen molar-refractivity contribution in [1.29, 1.82) is 5.26 Å². The van der Waals surface area contributed by atoms with Crippen LogP contribution in [0, 0.1) is 11.3 Å². The van der Waals surface area contributed by atoms with Crippen LogP contribution in [0.5, 0.6) is 11.5 Å². The summed E-state index contributed by atoms with van der Waals surface area (Å²) in [7, 11) is 1.52. The van der Waals surface area contributed by atoms with Crippen LogP contribution in [0.1, 0.15) is 11.1 Å². The molecule has 3 aromatic carbocycles. The lowest BCUT2D eigenvalue weighted by atomic mass is 10.1. The summed E-state index contributed by atoms with van der Waals surface area (Å²) < 4.78 is 12.6. The van der Waals surface area contributed by atoms with E-state index in [1.54, 1.807) is 36.4 Å². The maximum Gasteiger partial charge on any atom is 0.266 e. The molecule has 0 heterocycles. The van der Waals surface area contributed by atoms with Gasteiger partial charge in [0.2, 0.25) is 0 Å². The van der Waals surface area contributed by atoms with E-state index in [1.807, 2.05) is 36.4 Å². The van der Waals surface area contributed by atoms with E-state index in [0.29, 0.717) is 38.3 Å². The molecule has 0 aliphatic heterocycles. The van der Waals surface area contributed by atoms with Crippen molar-refractivity contribution in [2.45, 2.75) is 6.61 Å². The zero-order valence-electron chi connectivity index (χ0n) is 16.6. The number of para-hydroxylation sites is 2. The van der Waals surface area contributed by atoms with Gasteiger partial charge in [-0.05, 0) is 73.3 Å². The summed E-state index contributed by atoms with van der Waals surface area (Å²) in [5, 5.41) is 12.2. The van der Waals surface area contributed by atoms with Gasteiger partial charge in [-0.3, -0.25) is 4.79 Å². The molecule has 0 aromatic heterocycles. The molecule has 7 heteroatoms. The number of benzene rings is 3. The first-order chi connectivity index (χ1) is 15.0. The Morgan fingerprint density at radius 2 is 1.71 bits per heavy atom. The second kappa shape index (κ2) is 10.8. The third kappa shape index (κ3) is 5.97. The molecule has 3 aromatic rings. The van der Waals surface area contributed by atoms with Crippen molar-refractivity contribution in [2.24, 2.45) is 0 Å². The lowest BCUT2D eigenvalue weighted by Gasteiger charge is -2.12. The summed E-state index contributed by atoms with van der Waals surface area (Å²) in [4.78, 5) is 12.6. The van der Waals surface area contributed by atoms with Crippen molar-refractivity contribution >= 4 is 49.5 Å². The quantitative estimate of drug-likeness (QED) is 0.279. The summed E-state index contributed by atoms with van der Waals surface area (Å²) in [6.45, 7) is 0.415. The molecule has 5 nitrogen and oxygen atoms in total. The van der Waals surface area contributed by atoms with E-state index in [9.17, 15) is 10.1 Å². The molecule has 0 aliphatic carbocycles. The largest absolute Gasteiger partial charge is 0.495 e. The van der Waals surface area contributed by atoms with Crippen LogP contribution in [0.3, 0.4) is 0 Å². The SMILES string of the molecule is COc1ccccc1NC(=O)/C(C#N)=C/c1cc(Br)c(OCc2ccccc2)c(Br)c1. The number of nitrogens with one attached hydrogen (secondary N) is 1. The Bertz CT molecular complexity index is 1130. The fourth-order valence-electron chi connectivity index (χ4n) is 2.78. The van der Waals surface area contributed by atoms with Crippen molar-refractivity contribution in [3.63, 3.8) is 0 Å². The third-order valence-corrected chi connectivity index (χ3v) is 5.46. The third-order valence-electron chi connectivity index (χ3n) is 4.28. The Morgan fingerprint density at radius 3 is 2.35 bits per heavy atom. The molecule has 3 rings (SSSR count). The minimum Gasteiger partial charge on any atom is -0.495 e. The normalized spacial score (nSPS) is 10.8. The molecule has 156 valence electrons. The van der Waals surface area contributed by atoms with Crippen LogP contribution in [-0.2, 0) is 11.4 Å². The highest BCUT2D eigenvalue weighted by Crippen LogP contribution is 2.36. The number of amides is 1. The Labute approximate surface area is 197 Å². The number of methoxy groups -OCH3 is 1. The standard InChI is InChI=1S/C24H18Br2N2O3/c1-30-22-10-6-5-9-21(22)28-24(29)18(14-27)11-17-12-19(25)23(20(26)13-17)31-15-16-7-3-2-4-8-16/h2-13H,15H2,1H3,(H,28,29)/b18-11+. The lowest BCUT2D eigenvalue weighted by molar-refractivity contribution is -0.112. The van der Waals surface area contributed by atoms with Crippen LogP contribution < -0.4 is 14.8 Å². The zero-order valence-corrected chi connectivity index (χ0v) is 19.7. The average molecular weight is 542 g/mol. The molecule has 0 atom stereocenters. The Hall–Kier alpha value is -3.08. The van der Waals surface area contributed by atoms with Gasteiger partial charge in [0.05, 0.1) is 21.7 Å². The van der Waals surface area contributed by atoms with E-state index >= 15 is 0 Å². The van der Waals surface area contributed by atoms with Gasteiger partial charge in [-0.2, -0.15) is 5.26 Å². The molecular formula is C24H18Br2N2O3. The van der Waals surface area contributed by atoms with Gasteiger partial charge in [0.15, 0.2) is 0 Å². The van der Waals surface area contributed by atoms with Crippen molar-refractivity contribution in [3.8, 4) is 17.6 Å². The molecule has 0 unspecified atom stereocenters. The molecule has 0 aliphatic rings. The topological polar surface area (TPSA) is 71.3 Å². The predicted molar refractivity (Wildman–Crippen MR) is 128 cm³/mol. The Balaban J connectivity index is 1.79. The number of carbonyl (C=O) groups excluding carboxylic acids is 1. The number of carbonyl (C=O) groups is 1. The maximum atomic E-state index is 12.6. The van der Waals surface area contributed by atoms with E-state index < -0.39 is 5.91 Å². The summed E-state index contributed by atoms with van der Waals surface area (Å²) in [5.41, 5.74) is 2.16. The van der Waals surface area contributed by atoms with Gasteiger partial charge < -0.3 is 14.8 Å². The Morgan fingerprint density at radius 1 is 1.06 bits per heavy atom. The molecule has 0 radical (unpaired) electrons. The summed E-state index contributed by atoms with van der Waals surface area (Å²) in [6, 6.07) is 22.4. The van der Waals surface area contributed by atoms with Crippen LogP contribution >= 0.6 is 31.9 Å². The first-order valence-corrected chi connectivity index (χ1v) is 10.8. The highest BCUT2D eigenvalue weighted by molar-refractivity contribution is 9.11. The number of hydrogen-bond donors (Lipinski definition) is 1. The summed E-state index contributed by atoms with van der Waals surface area (Å²) in [6.07, 6.45) is 1.52. The van der Waals surface area contributed by atoms with Gasteiger partial charge >= 0.3 is 0 Å². The average Bonchev–Trinajstić information content (AvgIpc) is 2.78. The smallest absolute Gasteiger partial charge is 0.266 e. The maximum absolute atomic E-state index is 12.6. The van der Waals surface area contributed by atoms with Crippen LogP contribution in [-0.4, -0.2) is 13.0 Å². The monoisotopic (exact) mass is 540 g/mol. The number of rotatable bonds is 7. The second-order valence-electron chi connectivity index (χ2n) is 6.41. The van der Waals surface area contributed by atoms with Crippen molar-refractivity contribution in [1.82, 2.24) is 0 Å². The Kier molecular flexibility index (Phi) is 7.88. The highest BCUT2D eigenvalue weighted by Gasteiger charge is 2.14. The predicted octanol–water partition coefficient (Wildman–Crippen LogP) is 6.34. The van der Waals surface area contributed by atoms with E-state index in [-0.39, 0.29) is 5.57 Å². The molecule has 1 N–H and O–H groups in total. The van der Waals surface area contributed by atoms with Crippen LogP contribution in [0.25, 0.3) is 6.08 Å². The van der Waals surface area contributed by atoms with Gasteiger partial charge in [-0.25, -0.2) is 0 Å². The molecule has 0 bridgehead atoms. The molecule has 31 heavy (non-hydrogen) atoms. The fourth-order valence-corrected chi connectivity index (χ4v) is 4.23. The molecule has 0 spiro atoms. The summed E-state index contributed by atoms with van der Waals surface area (Å²) >= 11 is 7.02. The molecule has 0 saturated heterocycles. The molecule has 1 amide bonds. The lowest BCUT2D eigenvalue weighted by Crippen LogP contribution is -2.14. The minimum atomic E-state index is -0.524. The van der Waals surface area contributed by atoms with Crippen LogP contribution in [0.2, 0.25) is 0 Å². The van der Waals surface area contributed by atoms with E-state index in [2.05, 4.69) is 37.2 Å². The molecule has 0 fully saturated rings. The van der Waals surface area contributed by atoms with E-state index in [0.717, 1.165) is 5.56 Å². The van der Waals surface area contributed by atoms with Gasteiger partial charge in [0.1, 0.15) is 29.7 Å². The number of halogens is 2. The number of nitrogens with zero attached hydrogens (tertiary/aromatic N) is 1. The molecule has 0 saturated carbocycles. The van der Waals surface area contributed by atoms with Gasteiger partial charge in [-0.1, -0.05) is 42.5 Å². The van der Waals surface area contributed by atoms with E-state index in [4.69, 9.17) is 9.47 Å². The van der Waals surface area contributed by atoms with Crippen LogP contribution in [0.15, 0.2) is 81.2 Å². The number of nitriles is 1. The molecular weight excluding hydrogens is 524 g/mol. The van der Waals surface area contributed by atoms with Gasteiger partial charge in [-0.15, -0.1) is 0 Å². The first-order valence-electron chi connectivity index (χ1n) is 9.23. The van der Waals surface area contributed by atoms with Gasteiger partial charge in [0, 0.05) is 0 Å². The number of hydrogen-bond acceptors (Lipinski definition) is 4.